The SMILES string of the molecule is O=C(CC1CCCC1)Nc1ccc(C(=O)NCc2ccn3ncnc3c2)cc1. The number of amides is 2. The highest BCUT2D eigenvalue weighted by Crippen LogP contribution is 2.27. The molecule has 0 radical (unpaired) electrons. The lowest BCUT2D eigenvalue weighted by molar-refractivity contribution is -0.117. The minimum atomic E-state index is -0.162. The van der Waals surface area contributed by atoms with Crippen molar-refractivity contribution in [1.29, 1.82) is 0 Å². The second-order valence-corrected chi connectivity index (χ2v) is 7.26. The second kappa shape index (κ2) is 8.21. The van der Waals surface area contributed by atoms with E-state index in [9.17, 15) is 9.59 Å². The molecular weight excluding hydrogens is 354 g/mol. The average molecular weight is 377 g/mol. The quantitative estimate of drug-likeness (QED) is 0.691. The zero-order valence-corrected chi connectivity index (χ0v) is 15.6. The monoisotopic (exact) mass is 377 g/mol. The van der Waals surface area contributed by atoms with E-state index in [2.05, 4.69) is 20.7 Å². The van der Waals surface area contributed by atoms with Gasteiger partial charge in [-0.3, -0.25) is 9.59 Å². The molecule has 144 valence electrons. The summed E-state index contributed by atoms with van der Waals surface area (Å²) in [7, 11) is 0. The molecule has 1 aliphatic carbocycles. The minimum Gasteiger partial charge on any atom is -0.348 e. The number of carbonyl (C=O) groups excluding carboxylic acids is 2. The summed E-state index contributed by atoms with van der Waals surface area (Å²) < 4.78 is 1.67. The fraction of sp³-hybridized carbons (Fsp3) is 0.333. The third-order valence-electron chi connectivity index (χ3n) is 5.18. The lowest BCUT2D eigenvalue weighted by Crippen LogP contribution is -2.23. The molecule has 0 saturated heterocycles. The van der Waals surface area contributed by atoms with Crippen molar-refractivity contribution in [2.75, 3.05) is 5.32 Å². The molecule has 1 aromatic carbocycles. The number of carbonyl (C=O) groups is 2. The van der Waals surface area contributed by atoms with Crippen LogP contribution in [0.2, 0.25) is 0 Å². The molecule has 7 nitrogen and oxygen atoms in total. The lowest BCUT2D eigenvalue weighted by Gasteiger charge is -2.10. The highest BCUT2D eigenvalue weighted by molar-refractivity contribution is 5.95. The summed E-state index contributed by atoms with van der Waals surface area (Å²) >= 11 is 0. The Balaban J connectivity index is 1.29. The van der Waals surface area contributed by atoms with Crippen LogP contribution in [0.4, 0.5) is 5.69 Å². The van der Waals surface area contributed by atoms with Crippen LogP contribution in [-0.4, -0.2) is 26.4 Å². The Hall–Kier alpha value is -3.22. The molecule has 0 unspecified atom stereocenters. The zero-order valence-electron chi connectivity index (χ0n) is 15.6. The van der Waals surface area contributed by atoms with E-state index in [1.807, 2.05) is 18.3 Å². The molecule has 0 atom stereocenters. The number of pyridine rings is 1. The molecule has 0 spiro atoms. The molecule has 2 aromatic heterocycles. The summed E-state index contributed by atoms with van der Waals surface area (Å²) in [4.78, 5) is 28.6. The molecule has 2 amide bonds. The first-order chi connectivity index (χ1) is 13.7. The predicted octanol–water partition coefficient (Wildman–Crippen LogP) is 3.18. The van der Waals surface area contributed by atoms with Crippen molar-refractivity contribution in [3.8, 4) is 0 Å². The molecular formula is C21H23N5O2. The highest BCUT2D eigenvalue weighted by atomic mass is 16.2. The Labute approximate surface area is 163 Å². The number of benzene rings is 1. The molecule has 1 saturated carbocycles. The van der Waals surface area contributed by atoms with Gasteiger partial charge in [0, 0.05) is 30.4 Å². The fourth-order valence-electron chi connectivity index (χ4n) is 3.65. The molecule has 4 rings (SSSR count). The van der Waals surface area contributed by atoms with Gasteiger partial charge < -0.3 is 10.6 Å². The molecule has 3 aromatic rings. The van der Waals surface area contributed by atoms with Crippen LogP contribution in [0.25, 0.3) is 5.65 Å². The number of anilines is 1. The fourth-order valence-corrected chi connectivity index (χ4v) is 3.65. The Morgan fingerprint density at radius 2 is 1.89 bits per heavy atom. The van der Waals surface area contributed by atoms with Crippen molar-refractivity contribution in [3.63, 3.8) is 0 Å². The number of fused-ring (bicyclic) bond motifs is 1. The van der Waals surface area contributed by atoms with Gasteiger partial charge in [-0.2, -0.15) is 5.10 Å². The second-order valence-electron chi connectivity index (χ2n) is 7.26. The van der Waals surface area contributed by atoms with Crippen LogP contribution in [0.1, 0.15) is 48.0 Å². The van der Waals surface area contributed by atoms with E-state index >= 15 is 0 Å². The van der Waals surface area contributed by atoms with Crippen LogP contribution in [0.3, 0.4) is 0 Å². The molecule has 28 heavy (non-hydrogen) atoms. The van der Waals surface area contributed by atoms with Gasteiger partial charge in [0.25, 0.3) is 5.91 Å². The van der Waals surface area contributed by atoms with Gasteiger partial charge in [-0.25, -0.2) is 9.50 Å². The number of hydrogen-bond acceptors (Lipinski definition) is 4. The molecule has 0 bridgehead atoms. The maximum absolute atomic E-state index is 12.4. The normalized spacial score (nSPS) is 14.3. The number of aromatic nitrogens is 3. The average Bonchev–Trinajstić information content (AvgIpc) is 3.38. The highest BCUT2D eigenvalue weighted by Gasteiger charge is 2.18. The van der Waals surface area contributed by atoms with Crippen LogP contribution < -0.4 is 10.6 Å². The Morgan fingerprint density at radius 1 is 1.11 bits per heavy atom. The standard InChI is InChI=1S/C21H23N5O2/c27-20(12-15-3-1-2-4-15)25-18-7-5-17(6-8-18)21(28)22-13-16-9-10-26-19(11-16)23-14-24-26/h5-11,14-15H,1-4,12-13H2,(H,22,28)(H,25,27). The molecule has 1 aliphatic rings. The molecule has 0 aliphatic heterocycles. The van der Waals surface area contributed by atoms with E-state index in [1.165, 1.54) is 19.2 Å². The largest absolute Gasteiger partial charge is 0.348 e. The Morgan fingerprint density at radius 3 is 2.68 bits per heavy atom. The van der Waals surface area contributed by atoms with Crippen molar-refractivity contribution in [2.24, 2.45) is 5.92 Å². The van der Waals surface area contributed by atoms with E-state index in [1.54, 1.807) is 28.8 Å². The van der Waals surface area contributed by atoms with Crippen LogP contribution in [0, 0.1) is 5.92 Å². The van der Waals surface area contributed by atoms with Crippen molar-refractivity contribution in [2.45, 2.75) is 38.6 Å². The maximum atomic E-state index is 12.4. The number of hydrogen-bond donors (Lipinski definition) is 2. The summed E-state index contributed by atoms with van der Waals surface area (Å²) in [6, 6.07) is 10.8. The molecule has 2 N–H and O–H groups in total. The van der Waals surface area contributed by atoms with E-state index < -0.39 is 0 Å². The van der Waals surface area contributed by atoms with Crippen molar-refractivity contribution in [3.05, 3.63) is 60.0 Å². The van der Waals surface area contributed by atoms with Crippen LogP contribution in [0.15, 0.2) is 48.9 Å². The van der Waals surface area contributed by atoms with Gasteiger partial charge in [-0.05, 0) is 60.7 Å². The third-order valence-corrected chi connectivity index (χ3v) is 5.18. The first kappa shape index (κ1) is 18.2. The van der Waals surface area contributed by atoms with Crippen molar-refractivity contribution < 1.29 is 9.59 Å². The summed E-state index contributed by atoms with van der Waals surface area (Å²) in [6.07, 6.45) is 8.65. The van der Waals surface area contributed by atoms with Gasteiger partial charge in [-0.1, -0.05) is 12.8 Å². The van der Waals surface area contributed by atoms with E-state index in [4.69, 9.17) is 0 Å². The zero-order chi connectivity index (χ0) is 19.3. The first-order valence-corrected chi connectivity index (χ1v) is 9.64. The van der Waals surface area contributed by atoms with Gasteiger partial charge in [-0.15, -0.1) is 0 Å². The van der Waals surface area contributed by atoms with E-state index in [0.717, 1.165) is 29.7 Å². The Kier molecular flexibility index (Phi) is 5.32. The minimum absolute atomic E-state index is 0.0491. The Bertz CT molecular complexity index is 974. The van der Waals surface area contributed by atoms with E-state index in [0.29, 0.717) is 24.4 Å². The first-order valence-electron chi connectivity index (χ1n) is 9.64. The number of rotatable bonds is 6. The maximum Gasteiger partial charge on any atom is 0.251 e. The predicted molar refractivity (Wildman–Crippen MR) is 106 cm³/mol. The van der Waals surface area contributed by atoms with Crippen LogP contribution in [-0.2, 0) is 11.3 Å². The van der Waals surface area contributed by atoms with Gasteiger partial charge in [0.2, 0.25) is 5.91 Å². The number of nitrogens with zero attached hydrogens (tertiary/aromatic N) is 3. The third kappa shape index (κ3) is 4.36. The molecule has 7 heteroatoms. The summed E-state index contributed by atoms with van der Waals surface area (Å²) in [5.74, 6) is 0.403. The van der Waals surface area contributed by atoms with Crippen LogP contribution in [0.5, 0.6) is 0 Å². The van der Waals surface area contributed by atoms with Crippen molar-refractivity contribution >= 4 is 23.1 Å². The van der Waals surface area contributed by atoms with Crippen molar-refractivity contribution in [1.82, 2.24) is 19.9 Å². The summed E-state index contributed by atoms with van der Waals surface area (Å²) in [5, 5.41) is 9.87. The molecule has 2 heterocycles. The van der Waals surface area contributed by atoms with Gasteiger partial charge in [0.05, 0.1) is 0 Å². The van der Waals surface area contributed by atoms with Gasteiger partial charge in [0.15, 0.2) is 5.65 Å². The molecule has 1 fully saturated rings. The topological polar surface area (TPSA) is 88.4 Å². The lowest BCUT2D eigenvalue weighted by atomic mass is 10.0. The van der Waals surface area contributed by atoms with E-state index in [-0.39, 0.29) is 11.8 Å². The number of nitrogens with one attached hydrogen (secondary N) is 2. The summed E-state index contributed by atoms with van der Waals surface area (Å²) in [6.45, 7) is 0.405. The van der Waals surface area contributed by atoms with Crippen LogP contribution >= 0.6 is 0 Å². The summed E-state index contributed by atoms with van der Waals surface area (Å²) in [5.41, 5.74) is 2.96. The smallest absolute Gasteiger partial charge is 0.251 e. The van der Waals surface area contributed by atoms with Gasteiger partial charge in [0.1, 0.15) is 6.33 Å². The van der Waals surface area contributed by atoms with Gasteiger partial charge >= 0.3 is 0 Å².